The molecule has 0 fully saturated rings. The first-order chi connectivity index (χ1) is 9.68. The smallest absolute Gasteiger partial charge is 0.265 e. The van der Waals surface area contributed by atoms with Gasteiger partial charge in [-0.05, 0) is 36.6 Å². The molecule has 0 unspecified atom stereocenters. The summed E-state index contributed by atoms with van der Waals surface area (Å²) in [5, 5.41) is 9.75. The van der Waals surface area contributed by atoms with Crippen LogP contribution in [0.4, 0.5) is 10.1 Å². The number of anilines is 1. The number of para-hydroxylation sites is 1. The Morgan fingerprint density at radius 3 is 2.75 bits per heavy atom. The summed E-state index contributed by atoms with van der Waals surface area (Å²) in [6.07, 6.45) is 1.74. The number of carbonyl (C=O) groups excluding carboxylic acids is 1. The molecule has 3 nitrogen and oxygen atoms in total. The molecule has 0 aromatic heterocycles. The molecule has 0 atom stereocenters. The monoisotopic (exact) mass is 271 g/mol. The van der Waals surface area contributed by atoms with Gasteiger partial charge in [0.05, 0.1) is 0 Å². The number of hydrogen-bond acceptors (Lipinski definition) is 2. The zero-order chi connectivity index (χ0) is 14.1. The van der Waals surface area contributed by atoms with Crippen LogP contribution in [0.3, 0.4) is 0 Å². The first-order valence-electron chi connectivity index (χ1n) is 6.56. The highest BCUT2D eigenvalue weighted by molar-refractivity contribution is 6.08. The molecule has 0 saturated heterocycles. The Bertz CT molecular complexity index is 649. The molecule has 0 aliphatic carbocycles. The zero-order valence-corrected chi connectivity index (χ0v) is 10.8. The number of hydrogen-bond donors (Lipinski definition) is 1. The zero-order valence-electron chi connectivity index (χ0n) is 10.8. The van der Waals surface area contributed by atoms with Crippen LogP contribution in [0.15, 0.2) is 42.5 Å². The molecule has 2 aromatic carbocycles. The Morgan fingerprint density at radius 2 is 1.95 bits per heavy atom. The quantitative estimate of drug-likeness (QED) is 0.865. The van der Waals surface area contributed by atoms with E-state index in [0.717, 1.165) is 24.1 Å². The van der Waals surface area contributed by atoms with E-state index in [9.17, 15) is 14.3 Å². The second kappa shape index (κ2) is 4.96. The molecule has 3 rings (SSSR count). The van der Waals surface area contributed by atoms with Crippen molar-refractivity contribution in [2.24, 2.45) is 0 Å². The second-order valence-corrected chi connectivity index (χ2v) is 4.82. The van der Waals surface area contributed by atoms with Crippen molar-refractivity contribution in [2.45, 2.75) is 12.8 Å². The van der Waals surface area contributed by atoms with E-state index >= 15 is 0 Å². The molecule has 20 heavy (non-hydrogen) atoms. The average Bonchev–Trinajstić information content (AvgIpc) is 2.46. The first kappa shape index (κ1) is 12.7. The van der Waals surface area contributed by atoms with E-state index < -0.39 is 11.7 Å². The highest BCUT2D eigenvalue weighted by atomic mass is 19.1. The third kappa shape index (κ3) is 2.03. The van der Waals surface area contributed by atoms with Gasteiger partial charge in [-0.3, -0.25) is 4.79 Å². The summed E-state index contributed by atoms with van der Waals surface area (Å²) < 4.78 is 13.8. The van der Waals surface area contributed by atoms with Gasteiger partial charge < -0.3 is 10.0 Å². The maximum Gasteiger partial charge on any atom is 0.265 e. The summed E-state index contributed by atoms with van der Waals surface area (Å²) in [7, 11) is 0. The number of halogens is 1. The Morgan fingerprint density at radius 1 is 1.15 bits per heavy atom. The van der Waals surface area contributed by atoms with E-state index in [-0.39, 0.29) is 11.3 Å². The van der Waals surface area contributed by atoms with Crippen LogP contribution in [0.5, 0.6) is 5.75 Å². The number of phenolic OH excluding ortho intramolecular Hbond substituents is 1. The van der Waals surface area contributed by atoms with Crippen molar-refractivity contribution in [2.75, 3.05) is 11.4 Å². The molecule has 4 heteroatoms. The van der Waals surface area contributed by atoms with Gasteiger partial charge in [-0.25, -0.2) is 4.39 Å². The summed E-state index contributed by atoms with van der Waals surface area (Å²) in [6, 6.07) is 11.5. The van der Waals surface area contributed by atoms with Gasteiger partial charge in [0.15, 0.2) is 0 Å². The van der Waals surface area contributed by atoms with Crippen LogP contribution in [-0.2, 0) is 6.42 Å². The molecule has 0 bridgehead atoms. The Labute approximate surface area is 116 Å². The number of amides is 1. The van der Waals surface area contributed by atoms with E-state index in [1.807, 2.05) is 24.3 Å². The lowest BCUT2D eigenvalue weighted by Gasteiger charge is -2.29. The maximum atomic E-state index is 13.8. The fourth-order valence-corrected chi connectivity index (χ4v) is 2.60. The lowest BCUT2D eigenvalue weighted by molar-refractivity contribution is 0.0978. The Hall–Kier alpha value is -2.36. The number of rotatable bonds is 1. The molecule has 1 heterocycles. The van der Waals surface area contributed by atoms with Crippen LogP contribution in [0.1, 0.15) is 22.3 Å². The molecule has 2 aromatic rings. The van der Waals surface area contributed by atoms with E-state index in [1.54, 1.807) is 0 Å². The van der Waals surface area contributed by atoms with Gasteiger partial charge in [0.25, 0.3) is 5.91 Å². The van der Waals surface area contributed by atoms with Crippen LogP contribution in [0, 0.1) is 5.82 Å². The Balaban J connectivity index is 2.05. The van der Waals surface area contributed by atoms with Crippen molar-refractivity contribution >= 4 is 11.6 Å². The normalized spacial score (nSPS) is 13.9. The molecule has 102 valence electrons. The number of carbonyl (C=O) groups is 1. The number of aromatic hydroxyl groups is 1. The molecule has 1 aliphatic rings. The lowest BCUT2D eigenvalue weighted by atomic mass is 10.0. The predicted molar refractivity (Wildman–Crippen MR) is 74.5 cm³/mol. The number of phenols is 1. The summed E-state index contributed by atoms with van der Waals surface area (Å²) in [5.41, 5.74) is 1.61. The minimum absolute atomic E-state index is 0.260. The van der Waals surface area contributed by atoms with Gasteiger partial charge in [-0.2, -0.15) is 0 Å². The molecule has 0 saturated carbocycles. The van der Waals surface area contributed by atoms with Crippen LogP contribution in [-0.4, -0.2) is 17.6 Å². The van der Waals surface area contributed by atoms with Crippen molar-refractivity contribution in [3.05, 3.63) is 59.4 Å². The maximum absolute atomic E-state index is 13.8. The van der Waals surface area contributed by atoms with Crippen LogP contribution >= 0.6 is 0 Å². The molecular formula is C16H14FNO2. The van der Waals surface area contributed by atoms with E-state index in [2.05, 4.69) is 0 Å². The van der Waals surface area contributed by atoms with Crippen molar-refractivity contribution in [3.8, 4) is 5.75 Å². The predicted octanol–water partition coefficient (Wildman–Crippen LogP) is 3.12. The van der Waals surface area contributed by atoms with Crippen molar-refractivity contribution in [3.63, 3.8) is 0 Å². The summed E-state index contributed by atoms with van der Waals surface area (Å²) in [5.74, 6) is -1.51. The number of nitrogens with zero attached hydrogens (tertiary/aromatic N) is 1. The van der Waals surface area contributed by atoms with Gasteiger partial charge >= 0.3 is 0 Å². The molecule has 1 N–H and O–H groups in total. The highest BCUT2D eigenvalue weighted by Gasteiger charge is 2.27. The fourth-order valence-electron chi connectivity index (χ4n) is 2.60. The topological polar surface area (TPSA) is 40.5 Å². The van der Waals surface area contributed by atoms with E-state index in [4.69, 9.17) is 0 Å². The van der Waals surface area contributed by atoms with Gasteiger partial charge in [-0.15, -0.1) is 0 Å². The standard InChI is InChI=1S/C16H14FNO2/c17-12-7-3-9-14(19)15(12)16(20)18-10-4-6-11-5-1-2-8-13(11)18/h1-3,5,7-9,19H,4,6,10H2. The number of aryl methyl sites for hydroxylation is 1. The van der Waals surface area contributed by atoms with Crippen molar-refractivity contribution in [1.29, 1.82) is 0 Å². The number of fused-ring (bicyclic) bond motifs is 1. The minimum atomic E-state index is -0.696. The highest BCUT2D eigenvalue weighted by Crippen LogP contribution is 2.30. The molecule has 0 spiro atoms. The van der Waals surface area contributed by atoms with Gasteiger partial charge in [0.2, 0.25) is 0 Å². The third-order valence-corrected chi connectivity index (χ3v) is 3.56. The lowest BCUT2D eigenvalue weighted by Crippen LogP contribution is -2.36. The number of benzene rings is 2. The van der Waals surface area contributed by atoms with Gasteiger partial charge in [-0.1, -0.05) is 24.3 Å². The average molecular weight is 271 g/mol. The largest absolute Gasteiger partial charge is 0.507 e. The SMILES string of the molecule is O=C(c1c(O)cccc1F)N1CCCc2ccccc21. The van der Waals surface area contributed by atoms with E-state index in [1.165, 1.54) is 23.1 Å². The van der Waals surface area contributed by atoms with Gasteiger partial charge in [0.1, 0.15) is 17.1 Å². The minimum Gasteiger partial charge on any atom is -0.507 e. The van der Waals surface area contributed by atoms with Crippen LogP contribution < -0.4 is 4.90 Å². The fraction of sp³-hybridized carbons (Fsp3) is 0.188. The van der Waals surface area contributed by atoms with Gasteiger partial charge in [0, 0.05) is 12.2 Å². The second-order valence-electron chi connectivity index (χ2n) is 4.82. The van der Waals surface area contributed by atoms with Crippen molar-refractivity contribution < 1.29 is 14.3 Å². The van der Waals surface area contributed by atoms with Crippen LogP contribution in [0.2, 0.25) is 0 Å². The van der Waals surface area contributed by atoms with E-state index in [0.29, 0.717) is 6.54 Å². The van der Waals surface area contributed by atoms with Crippen molar-refractivity contribution in [1.82, 2.24) is 0 Å². The molecular weight excluding hydrogens is 257 g/mol. The summed E-state index contributed by atoms with van der Waals surface area (Å²) in [4.78, 5) is 14.1. The first-order valence-corrected chi connectivity index (χ1v) is 6.56. The molecule has 1 aliphatic heterocycles. The summed E-state index contributed by atoms with van der Waals surface area (Å²) in [6.45, 7) is 0.531. The van der Waals surface area contributed by atoms with Crippen LogP contribution in [0.25, 0.3) is 0 Å². The Kier molecular flexibility index (Phi) is 3.14. The summed E-state index contributed by atoms with van der Waals surface area (Å²) >= 11 is 0. The molecule has 0 radical (unpaired) electrons. The molecule has 1 amide bonds. The third-order valence-electron chi connectivity index (χ3n) is 3.56.